The number of hydrogen-bond acceptors (Lipinski definition) is 4. The first-order chi connectivity index (χ1) is 13.3. The Morgan fingerprint density at radius 1 is 1.29 bits per heavy atom. The zero-order valence-corrected chi connectivity index (χ0v) is 17.0. The Bertz CT molecular complexity index is 867. The molecule has 1 fully saturated rings. The number of aryl methyl sites for hydroxylation is 1. The number of carbonyl (C=O) groups is 2. The molecule has 0 atom stereocenters. The van der Waals surface area contributed by atoms with Gasteiger partial charge in [0.2, 0.25) is 5.91 Å². The van der Waals surface area contributed by atoms with Crippen molar-refractivity contribution in [1.82, 2.24) is 14.7 Å². The number of cyclic esters (lactones) is 1. The number of carbonyl (C=O) groups excluding carboxylic acids is 2. The van der Waals surface area contributed by atoms with E-state index in [9.17, 15) is 9.59 Å². The van der Waals surface area contributed by atoms with E-state index in [0.717, 1.165) is 16.9 Å². The summed E-state index contributed by atoms with van der Waals surface area (Å²) in [6, 6.07) is 9.89. The summed E-state index contributed by atoms with van der Waals surface area (Å²) in [4.78, 5) is 25.6. The highest BCUT2D eigenvalue weighted by Crippen LogP contribution is 2.27. The van der Waals surface area contributed by atoms with Crippen LogP contribution in [0.1, 0.15) is 44.9 Å². The highest BCUT2D eigenvalue weighted by molar-refractivity contribution is 5.90. The predicted molar refractivity (Wildman–Crippen MR) is 108 cm³/mol. The van der Waals surface area contributed by atoms with Gasteiger partial charge in [-0.2, -0.15) is 5.10 Å². The Kier molecular flexibility index (Phi) is 5.72. The molecule has 1 aromatic heterocycles. The number of rotatable bonds is 6. The van der Waals surface area contributed by atoms with Crippen LogP contribution >= 0.6 is 0 Å². The normalized spacial score (nSPS) is 14.3. The van der Waals surface area contributed by atoms with Crippen LogP contribution in [0.3, 0.4) is 0 Å². The highest BCUT2D eigenvalue weighted by atomic mass is 16.6. The largest absolute Gasteiger partial charge is 0.448 e. The molecule has 0 unspecified atom stereocenters. The number of aromatic nitrogens is 2. The minimum Gasteiger partial charge on any atom is -0.448 e. The van der Waals surface area contributed by atoms with Crippen molar-refractivity contribution in [3.63, 3.8) is 0 Å². The molecule has 0 radical (unpaired) electrons. The van der Waals surface area contributed by atoms with E-state index in [1.54, 1.807) is 9.58 Å². The number of hydrogen-bond donors (Lipinski definition) is 1. The van der Waals surface area contributed by atoms with Crippen molar-refractivity contribution >= 4 is 17.8 Å². The van der Waals surface area contributed by atoms with E-state index in [2.05, 4.69) is 26.1 Å². The van der Waals surface area contributed by atoms with Crippen LogP contribution in [0.2, 0.25) is 0 Å². The fourth-order valence-electron chi connectivity index (χ4n) is 3.09. The molecule has 2 heterocycles. The number of nitrogens with one attached hydrogen (secondary N) is 1. The van der Waals surface area contributed by atoms with Crippen molar-refractivity contribution < 1.29 is 14.3 Å². The Morgan fingerprint density at radius 2 is 2.04 bits per heavy atom. The van der Waals surface area contributed by atoms with Crippen LogP contribution in [0.25, 0.3) is 5.69 Å². The van der Waals surface area contributed by atoms with Crippen molar-refractivity contribution in [2.45, 2.75) is 46.0 Å². The lowest BCUT2D eigenvalue weighted by Gasteiger charge is -2.14. The zero-order valence-electron chi connectivity index (χ0n) is 17.0. The first-order valence-corrected chi connectivity index (χ1v) is 9.64. The van der Waals surface area contributed by atoms with Crippen molar-refractivity contribution in [1.29, 1.82) is 0 Å². The molecule has 28 heavy (non-hydrogen) atoms. The van der Waals surface area contributed by atoms with E-state index >= 15 is 0 Å². The topological polar surface area (TPSA) is 76.5 Å². The Labute approximate surface area is 165 Å². The third kappa shape index (κ3) is 4.52. The second-order valence-electron chi connectivity index (χ2n) is 8.12. The molecule has 0 aliphatic carbocycles. The average molecular weight is 384 g/mol. The molecule has 1 aliphatic heterocycles. The summed E-state index contributed by atoms with van der Waals surface area (Å²) >= 11 is 0. The first kappa shape index (κ1) is 19.9. The SMILES string of the molecule is Cc1ccccc1-n1nc(C(C)(C)C)cc1NC(=O)CCCN1CCOC1=O. The third-order valence-corrected chi connectivity index (χ3v) is 4.77. The molecule has 7 heteroatoms. The van der Waals surface area contributed by atoms with Gasteiger partial charge in [-0.15, -0.1) is 0 Å². The van der Waals surface area contributed by atoms with Crippen LogP contribution in [0.15, 0.2) is 30.3 Å². The quantitative estimate of drug-likeness (QED) is 0.825. The van der Waals surface area contributed by atoms with Gasteiger partial charge in [0.05, 0.1) is 17.9 Å². The summed E-state index contributed by atoms with van der Waals surface area (Å²) < 4.78 is 6.70. The minimum absolute atomic E-state index is 0.0947. The molecule has 0 spiro atoms. The molecule has 1 aliphatic rings. The summed E-state index contributed by atoms with van der Waals surface area (Å²) in [6.45, 7) is 9.85. The van der Waals surface area contributed by atoms with E-state index in [0.29, 0.717) is 38.4 Å². The number of nitrogens with zero attached hydrogens (tertiary/aromatic N) is 3. The monoisotopic (exact) mass is 384 g/mol. The van der Waals surface area contributed by atoms with Crippen molar-refractivity contribution in [3.05, 3.63) is 41.6 Å². The maximum Gasteiger partial charge on any atom is 0.409 e. The fourth-order valence-corrected chi connectivity index (χ4v) is 3.09. The van der Waals surface area contributed by atoms with Crippen LogP contribution in [0.4, 0.5) is 10.6 Å². The molecule has 1 saturated heterocycles. The second kappa shape index (κ2) is 8.04. The van der Waals surface area contributed by atoms with Crippen molar-refractivity contribution in [3.8, 4) is 5.69 Å². The molecule has 0 saturated carbocycles. The summed E-state index contributed by atoms with van der Waals surface area (Å²) in [5, 5.41) is 7.74. The van der Waals surface area contributed by atoms with Gasteiger partial charge in [-0.05, 0) is 25.0 Å². The Balaban J connectivity index is 1.73. The Morgan fingerprint density at radius 3 is 2.68 bits per heavy atom. The van der Waals surface area contributed by atoms with E-state index in [1.165, 1.54) is 0 Å². The molecule has 2 amide bonds. The summed E-state index contributed by atoms with van der Waals surface area (Å²) in [7, 11) is 0. The molecule has 0 bridgehead atoms. The second-order valence-corrected chi connectivity index (χ2v) is 8.12. The van der Waals surface area contributed by atoms with Crippen LogP contribution < -0.4 is 5.32 Å². The Hall–Kier alpha value is -2.83. The van der Waals surface area contributed by atoms with Gasteiger partial charge in [-0.1, -0.05) is 39.0 Å². The molecule has 1 N–H and O–H groups in total. The minimum atomic E-state index is -0.298. The van der Waals surface area contributed by atoms with Gasteiger partial charge in [0, 0.05) is 24.4 Å². The van der Waals surface area contributed by atoms with Crippen LogP contribution in [-0.2, 0) is 14.9 Å². The summed E-state index contributed by atoms with van der Waals surface area (Å²) in [5.74, 6) is 0.563. The predicted octanol–water partition coefficient (Wildman–Crippen LogP) is 3.65. The lowest BCUT2D eigenvalue weighted by atomic mass is 9.92. The van der Waals surface area contributed by atoms with Gasteiger partial charge in [0.1, 0.15) is 12.4 Å². The first-order valence-electron chi connectivity index (χ1n) is 9.64. The van der Waals surface area contributed by atoms with Gasteiger partial charge >= 0.3 is 6.09 Å². The zero-order chi connectivity index (χ0) is 20.3. The lowest BCUT2D eigenvalue weighted by Crippen LogP contribution is -2.26. The molecular weight excluding hydrogens is 356 g/mol. The molecule has 2 aromatic rings. The molecule has 1 aromatic carbocycles. The molecule has 150 valence electrons. The van der Waals surface area contributed by atoms with Gasteiger partial charge in [0.15, 0.2) is 0 Å². The lowest BCUT2D eigenvalue weighted by molar-refractivity contribution is -0.116. The molecule has 3 rings (SSSR count). The maximum atomic E-state index is 12.5. The fraction of sp³-hybridized carbons (Fsp3) is 0.476. The van der Waals surface area contributed by atoms with E-state index in [1.807, 2.05) is 37.3 Å². The summed E-state index contributed by atoms with van der Waals surface area (Å²) in [5.41, 5.74) is 2.79. The number of anilines is 1. The number of benzene rings is 1. The number of ether oxygens (including phenoxy) is 1. The van der Waals surface area contributed by atoms with Gasteiger partial charge < -0.3 is 15.0 Å². The van der Waals surface area contributed by atoms with E-state index in [-0.39, 0.29) is 17.4 Å². The third-order valence-electron chi connectivity index (χ3n) is 4.77. The summed E-state index contributed by atoms with van der Waals surface area (Å²) in [6.07, 6.45) is 0.618. The maximum absolute atomic E-state index is 12.5. The van der Waals surface area contributed by atoms with Crippen LogP contribution in [0, 0.1) is 6.92 Å². The standard InChI is InChI=1S/C21H28N4O3/c1-15-8-5-6-9-16(15)25-18(14-17(23-25)21(2,3)4)22-19(26)10-7-11-24-12-13-28-20(24)27/h5-6,8-9,14H,7,10-13H2,1-4H3,(H,22,26). The van der Waals surface area contributed by atoms with Gasteiger partial charge in [0.25, 0.3) is 0 Å². The molecular formula is C21H28N4O3. The van der Waals surface area contributed by atoms with E-state index in [4.69, 9.17) is 9.84 Å². The van der Waals surface area contributed by atoms with Gasteiger partial charge in [-0.3, -0.25) is 4.79 Å². The van der Waals surface area contributed by atoms with Crippen molar-refractivity contribution in [2.75, 3.05) is 25.0 Å². The van der Waals surface area contributed by atoms with Gasteiger partial charge in [-0.25, -0.2) is 9.48 Å². The van der Waals surface area contributed by atoms with Crippen molar-refractivity contribution in [2.24, 2.45) is 0 Å². The van der Waals surface area contributed by atoms with E-state index < -0.39 is 0 Å². The smallest absolute Gasteiger partial charge is 0.409 e. The van der Waals surface area contributed by atoms with Crippen LogP contribution in [-0.4, -0.2) is 46.4 Å². The molecule has 7 nitrogen and oxygen atoms in total. The van der Waals surface area contributed by atoms with Crippen LogP contribution in [0.5, 0.6) is 0 Å². The number of para-hydroxylation sites is 1. The average Bonchev–Trinajstić information content (AvgIpc) is 3.22. The number of amides is 2. The highest BCUT2D eigenvalue weighted by Gasteiger charge is 2.23.